The number of carbonyl (C=O) groups excluding carboxylic acids is 2. The van der Waals surface area contributed by atoms with E-state index in [4.69, 9.17) is 0 Å². The van der Waals surface area contributed by atoms with E-state index in [9.17, 15) is 9.59 Å². The highest BCUT2D eigenvalue weighted by Gasteiger charge is 2.51. The first kappa shape index (κ1) is 26.2. The molecule has 33 heavy (non-hydrogen) atoms. The number of hydrogen-bond donors (Lipinski definition) is 0. The van der Waals surface area contributed by atoms with E-state index in [0.29, 0.717) is 23.7 Å². The van der Waals surface area contributed by atoms with Gasteiger partial charge in [-0.1, -0.05) is 72.0 Å². The van der Waals surface area contributed by atoms with Gasteiger partial charge in [0.15, 0.2) is 0 Å². The lowest BCUT2D eigenvalue weighted by Gasteiger charge is -2.57. The predicted octanol–water partition coefficient (Wildman–Crippen LogP) is 4.97. The predicted molar refractivity (Wildman–Crippen MR) is 136 cm³/mol. The molecule has 1 saturated heterocycles. The van der Waals surface area contributed by atoms with Crippen molar-refractivity contribution in [2.75, 3.05) is 45.8 Å². The molecule has 1 heterocycles. The van der Waals surface area contributed by atoms with E-state index >= 15 is 0 Å². The van der Waals surface area contributed by atoms with Crippen molar-refractivity contribution in [3.8, 4) is 0 Å². The van der Waals surface area contributed by atoms with Gasteiger partial charge in [0, 0.05) is 58.2 Å². The molecule has 188 valence electrons. The topological polar surface area (TPSA) is 43.9 Å². The number of unbranched alkanes of at least 4 members (excludes halogenated alkanes) is 4. The van der Waals surface area contributed by atoms with Gasteiger partial charge in [-0.3, -0.25) is 14.5 Å². The molecule has 2 fully saturated rings. The summed E-state index contributed by atoms with van der Waals surface area (Å²) in [6.07, 6.45) is 11.6. The first-order valence-electron chi connectivity index (χ1n) is 13.7. The van der Waals surface area contributed by atoms with Crippen LogP contribution in [0.2, 0.25) is 0 Å². The van der Waals surface area contributed by atoms with Crippen molar-refractivity contribution < 1.29 is 9.59 Å². The molecule has 1 saturated carbocycles. The summed E-state index contributed by atoms with van der Waals surface area (Å²) in [5.41, 5.74) is 1.89. The standard InChI is InChI=1S/C28H49N3O2/c1-6-7-8-9-10-11-26(32)30-17-14-29(15-18-30)16-19-31(27(33)22(2)3)21-23-12-13-24-20-25(23)28(24,4)5/h12,22,24-25H,6-11,13-21H2,1-5H3. The maximum Gasteiger partial charge on any atom is 0.225 e. The van der Waals surface area contributed by atoms with Crippen LogP contribution < -0.4 is 0 Å². The Labute approximate surface area is 202 Å². The van der Waals surface area contributed by atoms with Crippen LogP contribution in [-0.2, 0) is 9.59 Å². The molecule has 0 aromatic heterocycles. The van der Waals surface area contributed by atoms with E-state index in [1.165, 1.54) is 44.1 Å². The minimum atomic E-state index is 0.0307. The second kappa shape index (κ2) is 11.9. The number of piperazine rings is 1. The lowest BCUT2D eigenvalue weighted by Crippen LogP contribution is -2.52. The zero-order chi connectivity index (χ0) is 24.0. The Balaban J connectivity index is 1.43. The average Bonchev–Trinajstić information content (AvgIpc) is 2.81. The molecular weight excluding hydrogens is 410 g/mol. The zero-order valence-corrected chi connectivity index (χ0v) is 22.1. The second-order valence-corrected chi connectivity index (χ2v) is 11.6. The molecule has 0 N–H and O–H groups in total. The van der Waals surface area contributed by atoms with E-state index in [1.54, 1.807) is 0 Å². The van der Waals surface area contributed by atoms with Crippen LogP contribution in [0.15, 0.2) is 11.6 Å². The minimum Gasteiger partial charge on any atom is -0.340 e. The van der Waals surface area contributed by atoms with Crippen LogP contribution in [-0.4, -0.2) is 72.3 Å². The van der Waals surface area contributed by atoms with Gasteiger partial charge in [-0.15, -0.1) is 0 Å². The molecule has 4 aliphatic rings. The van der Waals surface area contributed by atoms with Gasteiger partial charge in [-0.2, -0.15) is 0 Å². The second-order valence-electron chi connectivity index (χ2n) is 11.6. The Morgan fingerprint density at radius 1 is 1.09 bits per heavy atom. The van der Waals surface area contributed by atoms with E-state index in [1.807, 2.05) is 13.8 Å². The summed E-state index contributed by atoms with van der Waals surface area (Å²) in [4.78, 5) is 32.1. The van der Waals surface area contributed by atoms with E-state index in [-0.39, 0.29) is 11.8 Å². The molecule has 2 atom stereocenters. The van der Waals surface area contributed by atoms with Gasteiger partial charge >= 0.3 is 0 Å². The van der Waals surface area contributed by atoms with Crippen LogP contribution in [0.5, 0.6) is 0 Å². The maximum absolute atomic E-state index is 13.0. The molecular formula is C28H49N3O2. The van der Waals surface area contributed by atoms with Gasteiger partial charge in [0.05, 0.1) is 0 Å². The molecule has 5 heteroatoms. The molecule has 0 radical (unpaired) electrons. The van der Waals surface area contributed by atoms with Crippen molar-refractivity contribution in [2.45, 2.75) is 86.0 Å². The van der Waals surface area contributed by atoms with Crippen LogP contribution in [0.4, 0.5) is 0 Å². The van der Waals surface area contributed by atoms with Crippen LogP contribution in [0.3, 0.4) is 0 Å². The molecule has 1 aliphatic heterocycles. The van der Waals surface area contributed by atoms with Crippen molar-refractivity contribution in [2.24, 2.45) is 23.2 Å². The summed E-state index contributed by atoms with van der Waals surface area (Å²) >= 11 is 0. The van der Waals surface area contributed by atoms with Crippen LogP contribution in [0.1, 0.15) is 86.0 Å². The molecule has 5 nitrogen and oxygen atoms in total. The normalized spacial score (nSPS) is 24.4. The minimum absolute atomic E-state index is 0.0307. The van der Waals surface area contributed by atoms with Crippen molar-refractivity contribution in [1.82, 2.24) is 14.7 Å². The Bertz CT molecular complexity index is 691. The highest BCUT2D eigenvalue weighted by Crippen LogP contribution is 2.59. The summed E-state index contributed by atoms with van der Waals surface area (Å²) in [5, 5.41) is 0. The molecule has 0 aromatic carbocycles. The number of hydrogen-bond acceptors (Lipinski definition) is 3. The fourth-order valence-corrected chi connectivity index (χ4v) is 6.03. The number of fused-ring (bicyclic) bond motifs is 1. The lowest BCUT2D eigenvalue weighted by atomic mass is 9.49. The first-order chi connectivity index (χ1) is 15.7. The summed E-state index contributed by atoms with van der Waals surface area (Å²) in [6, 6.07) is 0. The largest absolute Gasteiger partial charge is 0.340 e. The third-order valence-corrected chi connectivity index (χ3v) is 8.67. The van der Waals surface area contributed by atoms with Crippen LogP contribution in [0, 0.1) is 23.2 Å². The Hall–Kier alpha value is -1.36. The monoisotopic (exact) mass is 459 g/mol. The molecule has 4 rings (SSSR count). The quantitative estimate of drug-likeness (QED) is 0.306. The number of nitrogens with zero attached hydrogens (tertiary/aromatic N) is 3. The molecule has 2 unspecified atom stereocenters. The van der Waals surface area contributed by atoms with Gasteiger partial charge < -0.3 is 9.80 Å². The highest BCUT2D eigenvalue weighted by molar-refractivity contribution is 5.78. The number of amides is 2. The smallest absolute Gasteiger partial charge is 0.225 e. The molecule has 2 bridgehead atoms. The van der Waals surface area contributed by atoms with Gasteiger partial charge in [0.1, 0.15) is 0 Å². The lowest BCUT2D eigenvalue weighted by molar-refractivity contribution is -0.134. The third-order valence-electron chi connectivity index (χ3n) is 8.67. The summed E-state index contributed by atoms with van der Waals surface area (Å²) in [7, 11) is 0. The van der Waals surface area contributed by atoms with Gasteiger partial charge in [-0.05, 0) is 36.5 Å². The summed E-state index contributed by atoms with van der Waals surface area (Å²) < 4.78 is 0. The van der Waals surface area contributed by atoms with Crippen LogP contribution in [0.25, 0.3) is 0 Å². The van der Waals surface area contributed by atoms with E-state index in [2.05, 4.69) is 41.5 Å². The number of rotatable bonds is 12. The van der Waals surface area contributed by atoms with Crippen molar-refractivity contribution >= 4 is 11.8 Å². The number of allylic oxidation sites excluding steroid dienone is 1. The fraction of sp³-hybridized carbons (Fsp3) is 0.857. The summed E-state index contributed by atoms with van der Waals surface area (Å²) in [5.74, 6) is 2.11. The Kier molecular flexibility index (Phi) is 9.43. The van der Waals surface area contributed by atoms with Crippen LogP contribution >= 0.6 is 0 Å². The number of carbonyl (C=O) groups is 2. The SMILES string of the molecule is CCCCCCCC(=O)N1CCN(CCN(CC2=CCC3CC2C3(C)C)C(=O)C(C)C)CC1. The van der Waals surface area contributed by atoms with E-state index < -0.39 is 0 Å². The third kappa shape index (κ3) is 6.61. The summed E-state index contributed by atoms with van der Waals surface area (Å²) in [6.45, 7) is 17.0. The molecule has 0 spiro atoms. The maximum atomic E-state index is 13.0. The molecule has 2 amide bonds. The Morgan fingerprint density at radius 3 is 2.39 bits per heavy atom. The van der Waals surface area contributed by atoms with Crippen molar-refractivity contribution in [1.29, 1.82) is 0 Å². The zero-order valence-electron chi connectivity index (χ0n) is 22.1. The highest BCUT2D eigenvalue weighted by atomic mass is 16.2. The van der Waals surface area contributed by atoms with Crippen molar-refractivity contribution in [3.05, 3.63) is 11.6 Å². The van der Waals surface area contributed by atoms with Gasteiger partial charge in [0.25, 0.3) is 0 Å². The van der Waals surface area contributed by atoms with E-state index in [0.717, 1.165) is 58.2 Å². The van der Waals surface area contributed by atoms with Gasteiger partial charge in [-0.25, -0.2) is 0 Å². The Morgan fingerprint density at radius 2 is 1.79 bits per heavy atom. The van der Waals surface area contributed by atoms with Crippen molar-refractivity contribution in [3.63, 3.8) is 0 Å². The first-order valence-corrected chi connectivity index (χ1v) is 13.7. The molecule has 0 aromatic rings. The average molecular weight is 460 g/mol. The fourth-order valence-electron chi connectivity index (χ4n) is 6.03. The van der Waals surface area contributed by atoms with Gasteiger partial charge in [0.2, 0.25) is 11.8 Å². The molecule has 3 aliphatic carbocycles.